The maximum atomic E-state index is 12.1. The van der Waals surface area contributed by atoms with E-state index in [-0.39, 0.29) is 18.1 Å². The largest absolute Gasteiger partial charge is 0.426 e. The van der Waals surface area contributed by atoms with E-state index in [1.165, 1.54) is 12.1 Å². The highest BCUT2D eigenvalue weighted by Crippen LogP contribution is 2.26. The first kappa shape index (κ1) is 15.7. The third-order valence-electron chi connectivity index (χ3n) is 3.59. The van der Waals surface area contributed by atoms with Gasteiger partial charge in [0.25, 0.3) is 5.69 Å². The molecule has 0 bridgehead atoms. The fourth-order valence-corrected chi connectivity index (χ4v) is 2.13. The lowest BCUT2D eigenvalue weighted by molar-refractivity contribution is -0.384. The summed E-state index contributed by atoms with van der Waals surface area (Å²) < 4.78 is 5.47. The molecule has 0 aliphatic carbocycles. The number of non-ortho nitro benzene ring substituents is 1. The minimum Gasteiger partial charge on any atom is -0.426 e. The third kappa shape index (κ3) is 3.49. The van der Waals surface area contributed by atoms with Crippen LogP contribution in [0.1, 0.15) is 22.3 Å². The number of hydrogen-bond acceptors (Lipinski definition) is 4. The van der Waals surface area contributed by atoms with Crippen molar-refractivity contribution in [3.05, 3.63) is 68.8 Å². The van der Waals surface area contributed by atoms with E-state index in [0.29, 0.717) is 11.3 Å². The van der Waals surface area contributed by atoms with Gasteiger partial charge in [-0.15, -0.1) is 0 Å². The van der Waals surface area contributed by atoms with Crippen LogP contribution in [0.15, 0.2) is 36.4 Å². The van der Waals surface area contributed by atoms with Crippen molar-refractivity contribution in [2.24, 2.45) is 0 Å². The van der Waals surface area contributed by atoms with Crippen LogP contribution in [0.3, 0.4) is 0 Å². The van der Waals surface area contributed by atoms with Crippen LogP contribution < -0.4 is 4.74 Å². The van der Waals surface area contributed by atoms with E-state index in [1.807, 2.05) is 32.9 Å². The maximum absolute atomic E-state index is 12.1. The summed E-state index contributed by atoms with van der Waals surface area (Å²) >= 11 is 0. The lowest BCUT2D eigenvalue weighted by Gasteiger charge is -2.12. The van der Waals surface area contributed by atoms with Crippen LogP contribution in [0.5, 0.6) is 5.75 Å². The van der Waals surface area contributed by atoms with Gasteiger partial charge in [-0.05, 0) is 43.0 Å². The fourth-order valence-electron chi connectivity index (χ4n) is 2.13. The Morgan fingerprint density at radius 3 is 2.23 bits per heavy atom. The molecule has 5 heteroatoms. The molecule has 0 fully saturated rings. The van der Waals surface area contributed by atoms with E-state index in [4.69, 9.17) is 4.74 Å². The molecule has 114 valence electrons. The number of benzene rings is 2. The van der Waals surface area contributed by atoms with Gasteiger partial charge in [0.2, 0.25) is 0 Å². The zero-order valence-electron chi connectivity index (χ0n) is 12.8. The van der Waals surface area contributed by atoms with Gasteiger partial charge in [0.15, 0.2) is 0 Å². The molecule has 0 atom stereocenters. The predicted molar refractivity (Wildman–Crippen MR) is 83.1 cm³/mol. The standard InChI is InChI=1S/C17H17NO4/c1-11-4-5-12(2)17(13(11)3)22-16(19)10-14-6-8-15(9-7-14)18(20)21/h4-9H,10H2,1-3H3. The van der Waals surface area contributed by atoms with Gasteiger partial charge in [-0.2, -0.15) is 0 Å². The van der Waals surface area contributed by atoms with Gasteiger partial charge in [-0.25, -0.2) is 0 Å². The Kier molecular flexibility index (Phi) is 4.56. The second kappa shape index (κ2) is 6.39. The van der Waals surface area contributed by atoms with Crippen LogP contribution in [-0.2, 0) is 11.2 Å². The Morgan fingerprint density at radius 2 is 1.64 bits per heavy atom. The van der Waals surface area contributed by atoms with Crippen LogP contribution >= 0.6 is 0 Å². The van der Waals surface area contributed by atoms with Gasteiger partial charge in [0.05, 0.1) is 11.3 Å². The van der Waals surface area contributed by atoms with E-state index in [2.05, 4.69) is 0 Å². The van der Waals surface area contributed by atoms with Crippen molar-refractivity contribution in [3.63, 3.8) is 0 Å². The number of esters is 1. The third-order valence-corrected chi connectivity index (χ3v) is 3.59. The highest BCUT2D eigenvalue weighted by molar-refractivity contribution is 5.76. The zero-order valence-corrected chi connectivity index (χ0v) is 12.8. The van der Waals surface area contributed by atoms with Gasteiger partial charge in [0.1, 0.15) is 5.75 Å². The smallest absolute Gasteiger partial charge is 0.315 e. The van der Waals surface area contributed by atoms with Crippen LogP contribution in [0.25, 0.3) is 0 Å². The molecule has 0 aliphatic rings. The van der Waals surface area contributed by atoms with Crippen LogP contribution in [0.4, 0.5) is 5.69 Å². The number of hydrogen-bond donors (Lipinski definition) is 0. The molecule has 0 spiro atoms. The first-order valence-electron chi connectivity index (χ1n) is 6.89. The van der Waals surface area contributed by atoms with Crippen LogP contribution in [0.2, 0.25) is 0 Å². The molecule has 0 amide bonds. The van der Waals surface area contributed by atoms with E-state index in [9.17, 15) is 14.9 Å². The van der Waals surface area contributed by atoms with Crippen molar-refractivity contribution in [2.45, 2.75) is 27.2 Å². The lowest BCUT2D eigenvalue weighted by atomic mass is 10.1. The number of carbonyl (C=O) groups is 1. The van der Waals surface area contributed by atoms with Crippen molar-refractivity contribution in [1.29, 1.82) is 0 Å². The van der Waals surface area contributed by atoms with Gasteiger partial charge in [0, 0.05) is 12.1 Å². The molecular weight excluding hydrogens is 282 g/mol. The molecule has 5 nitrogen and oxygen atoms in total. The Hall–Kier alpha value is -2.69. The summed E-state index contributed by atoms with van der Waals surface area (Å²) in [5.74, 6) is 0.206. The molecule has 2 aromatic carbocycles. The number of nitrogens with zero attached hydrogens (tertiary/aromatic N) is 1. The van der Waals surface area contributed by atoms with E-state index in [0.717, 1.165) is 16.7 Å². The molecule has 2 aromatic rings. The quantitative estimate of drug-likeness (QED) is 0.374. The first-order chi connectivity index (χ1) is 10.4. The first-order valence-corrected chi connectivity index (χ1v) is 6.89. The number of nitro benzene ring substituents is 1. The Labute approximate surface area is 128 Å². The number of nitro groups is 1. The Balaban J connectivity index is 2.10. The van der Waals surface area contributed by atoms with E-state index < -0.39 is 4.92 Å². The molecule has 22 heavy (non-hydrogen) atoms. The Bertz CT molecular complexity index is 720. The number of rotatable bonds is 4. The van der Waals surface area contributed by atoms with Crippen LogP contribution in [-0.4, -0.2) is 10.9 Å². The summed E-state index contributed by atoms with van der Waals surface area (Å²) in [4.78, 5) is 22.2. The second-order valence-electron chi connectivity index (χ2n) is 5.23. The molecular formula is C17H17NO4. The summed E-state index contributed by atoms with van der Waals surface area (Å²) in [6.07, 6.45) is 0.0742. The summed E-state index contributed by atoms with van der Waals surface area (Å²) in [7, 11) is 0. The van der Waals surface area contributed by atoms with Gasteiger partial charge in [-0.3, -0.25) is 14.9 Å². The normalized spacial score (nSPS) is 10.3. The molecule has 0 N–H and O–H groups in total. The molecule has 0 unspecified atom stereocenters. The molecule has 0 radical (unpaired) electrons. The number of ether oxygens (including phenoxy) is 1. The zero-order chi connectivity index (χ0) is 16.3. The summed E-state index contributed by atoms with van der Waals surface area (Å²) in [5.41, 5.74) is 3.59. The number of aryl methyl sites for hydroxylation is 2. The Morgan fingerprint density at radius 1 is 1.05 bits per heavy atom. The van der Waals surface area contributed by atoms with Gasteiger partial charge < -0.3 is 4.74 Å². The predicted octanol–water partition coefficient (Wildman–Crippen LogP) is 3.67. The molecule has 2 rings (SSSR count). The molecule has 0 aliphatic heterocycles. The SMILES string of the molecule is Cc1ccc(C)c(OC(=O)Cc2ccc([N+](=O)[O-])cc2)c1C. The molecule has 0 aromatic heterocycles. The van der Waals surface area contributed by atoms with Gasteiger partial charge in [-0.1, -0.05) is 24.3 Å². The summed E-state index contributed by atoms with van der Waals surface area (Å²) in [5, 5.41) is 10.6. The minimum atomic E-state index is -0.471. The summed E-state index contributed by atoms with van der Waals surface area (Å²) in [6.45, 7) is 5.76. The average Bonchev–Trinajstić information content (AvgIpc) is 2.48. The second-order valence-corrected chi connectivity index (χ2v) is 5.23. The van der Waals surface area contributed by atoms with Crippen molar-refractivity contribution >= 4 is 11.7 Å². The van der Waals surface area contributed by atoms with E-state index >= 15 is 0 Å². The molecule has 0 heterocycles. The van der Waals surface area contributed by atoms with Crippen molar-refractivity contribution < 1.29 is 14.5 Å². The van der Waals surface area contributed by atoms with E-state index in [1.54, 1.807) is 12.1 Å². The highest BCUT2D eigenvalue weighted by Gasteiger charge is 2.13. The maximum Gasteiger partial charge on any atom is 0.315 e. The van der Waals surface area contributed by atoms with Crippen molar-refractivity contribution in [2.75, 3.05) is 0 Å². The fraction of sp³-hybridized carbons (Fsp3) is 0.235. The topological polar surface area (TPSA) is 69.4 Å². The van der Waals surface area contributed by atoms with Crippen molar-refractivity contribution in [1.82, 2.24) is 0 Å². The monoisotopic (exact) mass is 299 g/mol. The molecule has 0 saturated carbocycles. The number of carbonyl (C=O) groups excluding carboxylic acids is 1. The van der Waals surface area contributed by atoms with Crippen molar-refractivity contribution in [3.8, 4) is 5.75 Å². The van der Waals surface area contributed by atoms with Gasteiger partial charge >= 0.3 is 5.97 Å². The van der Waals surface area contributed by atoms with Crippen LogP contribution in [0, 0.1) is 30.9 Å². The average molecular weight is 299 g/mol. The minimum absolute atomic E-state index is 0.00231. The highest BCUT2D eigenvalue weighted by atomic mass is 16.6. The lowest BCUT2D eigenvalue weighted by Crippen LogP contribution is -2.13. The summed E-state index contributed by atoms with van der Waals surface area (Å²) in [6, 6.07) is 9.79. The molecule has 0 saturated heterocycles.